The second kappa shape index (κ2) is 5.85. The Hall–Kier alpha value is -2.89. The molecule has 1 unspecified atom stereocenters. The third-order valence-corrected chi connectivity index (χ3v) is 3.14. The van der Waals surface area contributed by atoms with Crippen molar-refractivity contribution in [2.24, 2.45) is 0 Å². The van der Waals surface area contributed by atoms with E-state index in [0.29, 0.717) is 16.7 Å². The van der Waals surface area contributed by atoms with Gasteiger partial charge in [0.2, 0.25) is 12.0 Å². The number of carbonyl (C=O) groups is 1. The van der Waals surface area contributed by atoms with Crippen LogP contribution in [0.15, 0.2) is 52.9 Å². The first kappa shape index (κ1) is 14.1. The van der Waals surface area contributed by atoms with Crippen LogP contribution in [-0.4, -0.2) is 18.1 Å². The minimum atomic E-state index is -0.854. The Labute approximate surface area is 125 Å². The Morgan fingerprint density at radius 3 is 2.64 bits per heavy atom. The molecule has 1 aromatic heterocycles. The summed E-state index contributed by atoms with van der Waals surface area (Å²) >= 11 is 0. The van der Waals surface area contributed by atoms with E-state index in [0.717, 1.165) is 0 Å². The van der Waals surface area contributed by atoms with Crippen LogP contribution in [-0.2, 0) is 4.74 Å². The Morgan fingerprint density at radius 1 is 1.23 bits per heavy atom. The molecule has 5 nitrogen and oxygen atoms in total. The summed E-state index contributed by atoms with van der Waals surface area (Å²) in [4.78, 5) is 15.9. The molecule has 0 fully saturated rings. The second-order valence-corrected chi connectivity index (χ2v) is 4.61. The van der Waals surface area contributed by atoms with E-state index >= 15 is 0 Å². The molecule has 0 aliphatic heterocycles. The molecular weight excluding hydrogens is 287 g/mol. The maximum absolute atomic E-state index is 13.1. The fourth-order valence-corrected chi connectivity index (χ4v) is 2.07. The molecule has 3 rings (SSSR count). The highest BCUT2D eigenvalue weighted by atomic mass is 19.1. The van der Waals surface area contributed by atoms with Gasteiger partial charge < -0.3 is 14.5 Å². The Balaban J connectivity index is 2.03. The van der Waals surface area contributed by atoms with E-state index in [1.165, 1.54) is 31.3 Å². The van der Waals surface area contributed by atoms with Gasteiger partial charge in [0.25, 0.3) is 0 Å². The zero-order valence-electron chi connectivity index (χ0n) is 11.7. The first-order chi connectivity index (χ1) is 10.7. The van der Waals surface area contributed by atoms with Crippen LogP contribution < -0.4 is 5.32 Å². The lowest BCUT2D eigenvalue weighted by Crippen LogP contribution is -2.22. The molecule has 1 amide bonds. The van der Waals surface area contributed by atoms with E-state index in [1.807, 2.05) is 12.1 Å². The molecule has 0 saturated heterocycles. The molecule has 0 aliphatic rings. The summed E-state index contributed by atoms with van der Waals surface area (Å²) < 4.78 is 24.1. The number of oxazole rings is 1. The molecule has 1 N–H and O–H groups in total. The number of hydrogen-bond donors (Lipinski definition) is 1. The summed E-state index contributed by atoms with van der Waals surface area (Å²) in [6.45, 7) is 0. The molecule has 0 saturated carbocycles. The fourth-order valence-electron chi connectivity index (χ4n) is 2.07. The number of nitrogens with zero attached hydrogens (tertiary/aromatic N) is 1. The molecule has 1 atom stereocenters. The van der Waals surface area contributed by atoms with Crippen molar-refractivity contribution in [2.45, 2.75) is 6.10 Å². The predicted molar refractivity (Wildman–Crippen MR) is 77.8 cm³/mol. The maximum atomic E-state index is 13.1. The third kappa shape index (κ3) is 2.76. The van der Waals surface area contributed by atoms with Crippen molar-refractivity contribution in [3.63, 3.8) is 0 Å². The van der Waals surface area contributed by atoms with Gasteiger partial charge in [0, 0.05) is 12.6 Å². The van der Waals surface area contributed by atoms with Gasteiger partial charge in [-0.15, -0.1) is 0 Å². The fraction of sp³-hybridized carbons (Fsp3) is 0.125. The van der Waals surface area contributed by atoms with Gasteiger partial charge in [-0.25, -0.2) is 14.2 Å². The molecule has 3 aromatic rings. The number of fused-ring (bicyclic) bond motifs is 1. The molecule has 0 aliphatic carbocycles. The van der Waals surface area contributed by atoms with Gasteiger partial charge in [-0.05, 0) is 24.3 Å². The van der Waals surface area contributed by atoms with Gasteiger partial charge in [-0.1, -0.05) is 24.3 Å². The van der Waals surface area contributed by atoms with Gasteiger partial charge in [-0.2, -0.15) is 0 Å². The number of para-hydroxylation sites is 2. The van der Waals surface area contributed by atoms with Crippen LogP contribution in [0.5, 0.6) is 0 Å². The van der Waals surface area contributed by atoms with E-state index in [4.69, 9.17) is 9.15 Å². The summed E-state index contributed by atoms with van der Waals surface area (Å²) in [7, 11) is 1.45. The molecule has 2 aromatic carbocycles. The van der Waals surface area contributed by atoms with E-state index in [9.17, 15) is 9.18 Å². The van der Waals surface area contributed by atoms with Crippen molar-refractivity contribution in [3.05, 3.63) is 65.8 Å². The minimum absolute atomic E-state index is 0.233. The van der Waals surface area contributed by atoms with Gasteiger partial charge in [0.15, 0.2) is 5.58 Å². The smallest absolute Gasteiger partial charge is 0.408 e. The largest absolute Gasteiger partial charge is 0.436 e. The number of nitrogens with one attached hydrogen (secondary N) is 1. The highest BCUT2D eigenvalue weighted by molar-refractivity contribution is 5.72. The number of aromatic nitrogens is 1. The zero-order valence-corrected chi connectivity index (χ0v) is 11.7. The third-order valence-electron chi connectivity index (χ3n) is 3.14. The van der Waals surface area contributed by atoms with Crippen LogP contribution in [0, 0.1) is 5.82 Å². The van der Waals surface area contributed by atoms with Crippen LogP contribution in [0.1, 0.15) is 17.6 Å². The molecule has 0 bridgehead atoms. The van der Waals surface area contributed by atoms with E-state index in [1.54, 1.807) is 12.1 Å². The van der Waals surface area contributed by atoms with E-state index in [-0.39, 0.29) is 11.7 Å². The first-order valence-electron chi connectivity index (χ1n) is 6.66. The molecular formula is C16H13FN2O3. The highest BCUT2D eigenvalue weighted by Gasteiger charge is 2.24. The summed E-state index contributed by atoms with van der Waals surface area (Å²) in [6, 6.07) is 12.9. The van der Waals surface area contributed by atoms with E-state index in [2.05, 4.69) is 10.3 Å². The number of halogens is 1. The number of alkyl carbamates (subject to hydrolysis) is 1. The molecule has 22 heavy (non-hydrogen) atoms. The number of ether oxygens (including phenoxy) is 1. The van der Waals surface area contributed by atoms with Crippen LogP contribution in [0.4, 0.5) is 9.18 Å². The number of benzene rings is 2. The molecule has 0 radical (unpaired) electrons. The van der Waals surface area contributed by atoms with Crippen molar-refractivity contribution >= 4 is 17.2 Å². The second-order valence-electron chi connectivity index (χ2n) is 4.61. The lowest BCUT2D eigenvalue weighted by Gasteiger charge is -2.14. The first-order valence-corrected chi connectivity index (χ1v) is 6.66. The van der Waals surface area contributed by atoms with Crippen molar-refractivity contribution in [2.75, 3.05) is 7.05 Å². The van der Waals surface area contributed by atoms with E-state index < -0.39 is 12.2 Å². The minimum Gasteiger partial charge on any atom is -0.436 e. The summed E-state index contributed by atoms with van der Waals surface area (Å²) in [5, 5.41) is 2.38. The van der Waals surface area contributed by atoms with Crippen molar-refractivity contribution in [1.82, 2.24) is 10.3 Å². The molecule has 6 heteroatoms. The van der Waals surface area contributed by atoms with Crippen molar-refractivity contribution in [3.8, 4) is 0 Å². The average Bonchev–Trinajstić information content (AvgIpc) is 2.97. The van der Waals surface area contributed by atoms with Crippen molar-refractivity contribution in [1.29, 1.82) is 0 Å². The monoisotopic (exact) mass is 300 g/mol. The van der Waals surface area contributed by atoms with Gasteiger partial charge in [0.1, 0.15) is 11.3 Å². The van der Waals surface area contributed by atoms with Gasteiger partial charge >= 0.3 is 6.09 Å². The van der Waals surface area contributed by atoms with Crippen LogP contribution in [0.25, 0.3) is 11.1 Å². The highest BCUT2D eigenvalue weighted by Crippen LogP contribution is 2.28. The topological polar surface area (TPSA) is 64.4 Å². The van der Waals surface area contributed by atoms with Crippen molar-refractivity contribution < 1.29 is 18.3 Å². The zero-order chi connectivity index (χ0) is 15.5. The molecule has 112 valence electrons. The van der Waals surface area contributed by atoms with Crippen LogP contribution in [0.3, 0.4) is 0 Å². The SMILES string of the molecule is CNC(=O)OC(c1ccc(F)cc1)c1nc2ccccc2o1. The number of amides is 1. The van der Waals surface area contributed by atoms with Gasteiger partial charge in [-0.3, -0.25) is 0 Å². The number of hydrogen-bond acceptors (Lipinski definition) is 4. The summed E-state index contributed by atoms with van der Waals surface area (Å²) in [6.07, 6.45) is -1.48. The van der Waals surface area contributed by atoms with Crippen LogP contribution in [0.2, 0.25) is 0 Å². The summed E-state index contributed by atoms with van der Waals surface area (Å²) in [5.41, 5.74) is 1.81. The van der Waals surface area contributed by atoms with Crippen LogP contribution >= 0.6 is 0 Å². The normalized spacial score (nSPS) is 12.1. The Bertz CT molecular complexity index is 766. The standard InChI is InChI=1S/C16H13FN2O3/c1-18-16(20)22-14(10-6-8-11(17)9-7-10)15-19-12-4-2-3-5-13(12)21-15/h2-9,14H,1H3,(H,18,20). The Morgan fingerprint density at radius 2 is 1.95 bits per heavy atom. The Kier molecular flexibility index (Phi) is 3.74. The number of carbonyl (C=O) groups excluding carboxylic acids is 1. The molecule has 0 spiro atoms. The summed E-state index contributed by atoms with van der Waals surface area (Å²) in [5.74, 6) is -0.142. The molecule has 1 heterocycles. The quantitative estimate of drug-likeness (QED) is 0.805. The number of rotatable bonds is 3. The lowest BCUT2D eigenvalue weighted by atomic mass is 10.1. The predicted octanol–water partition coefficient (Wildman–Crippen LogP) is 3.41. The lowest BCUT2D eigenvalue weighted by molar-refractivity contribution is 0.105. The average molecular weight is 300 g/mol. The van der Waals surface area contributed by atoms with Gasteiger partial charge in [0.05, 0.1) is 0 Å². The maximum Gasteiger partial charge on any atom is 0.408 e.